The largest absolute Gasteiger partial charge is 0.497 e. The van der Waals surface area contributed by atoms with Crippen molar-refractivity contribution < 1.29 is 19.1 Å². The molecule has 2 amide bonds. The Hall–Kier alpha value is -2.04. The van der Waals surface area contributed by atoms with Crippen molar-refractivity contribution in [2.24, 2.45) is 5.92 Å². The zero-order chi connectivity index (χ0) is 16.4. The lowest BCUT2D eigenvalue weighted by Gasteiger charge is -2.42. The van der Waals surface area contributed by atoms with E-state index in [1.165, 1.54) is 11.3 Å². The number of carbonyl (C=O) groups is 2. The summed E-state index contributed by atoms with van der Waals surface area (Å²) in [6.45, 7) is 0. The normalized spacial score (nSPS) is 24.1. The molecule has 0 spiro atoms. The second kappa shape index (κ2) is 6.60. The Morgan fingerprint density at radius 2 is 1.70 bits per heavy atom. The summed E-state index contributed by atoms with van der Waals surface area (Å²) in [6.07, 6.45) is 5.69. The monoisotopic (exact) mass is 317 g/mol. The molecule has 1 aromatic carbocycles. The molecule has 1 heterocycles. The molecule has 1 saturated heterocycles. The molecule has 1 saturated carbocycles. The van der Waals surface area contributed by atoms with Crippen LogP contribution in [0.2, 0.25) is 0 Å². The molecule has 1 aromatic rings. The van der Waals surface area contributed by atoms with Gasteiger partial charge in [0.2, 0.25) is 5.91 Å². The molecule has 23 heavy (non-hydrogen) atoms. The third kappa shape index (κ3) is 3.05. The zero-order valence-electron chi connectivity index (χ0n) is 13.7. The Bertz CT molecular complexity index is 591. The first-order valence-corrected chi connectivity index (χ1v) is 8.23. The Balaban J connectivity index is 1.92. The minimum atomic E-state index is -0.233. The minimum absolute atomic E-state index is 0.0506. The van der Waals surface area contributed by atoms with Gasteiger partial charge in [0, 0.05) is 24.1 Å². The highest BCUT2D eigenvalue weighted by Crippen LogP contribution is 2.37. The highest BCUT2D eigenvalue weighted by atomic mass is 16.5. The van der Waals surface area contributed by atoms with Crippen molar-refractivity contribution in [3.63, 3.8) is 0 Å². The summed E-state index contributed by atoms with van der Waals surface area (Å²) < 4.78 is 10.5. The molecule has 3 rings (SSSR count). The molecule has 2 unspecified atom stereocenters. The van der Waals surface area contributed by atoms with Gasteiger partial charge in [-0.05, 0) is 37.3 Å². The molecule has 0 bridgehead atoms. The van der Waals surface area contributed by atoms with Crippen LogP contribution in [0, 0.1) is 5.92 Å². The fourth-order valence-corrected chi connectivity index (χ4v) is 3.81. The van der Waals surface area contributed by atoms with Crippen molar-refractivity contribution in [3.8, 4) is 11.5 Å². The van der Waals surface area contributed by atoms with E-state index in [4.69, 9.17) is 9.47 Å². The van der Waals surface area contributed by atoms with Crippen molar-refractivity contribution in [3.05, 3.63) is 23.8 Å². The standard InChI is InChI=1S/C18H23NO4/c1-22-14-9-13(10-15(11-14)23-2)18(21)19-16-6-4-3-5-12(16)7-8-17(19)20/h9-12,16H,3-8H2,1-2H3. The zero-order valence-corrected chi connectivity index (χ0v) is 13.7. The number of carbonyl (C=O) groups excluding carboxylic acids is 2. The van der Waals surface area contributed by atoms with E-state index >= 15 is 0 Å². The fourth-order valence-electron chi connectivity index (χ4n) is 3.81. The first-order chi connectivity index (χ1) is 11.1. The first-order valence-electron chi connectivity index (χ1n) is 8.23. The number of likely N-dealkylation sites (tertiary alicyclic amines) is 1. The van der Waals surface area contributed by atoms with Crippen LogP contribution in [-0.2, 0) is 4.79 Å². The van der Waals surface area contributed by atoms with Gasteiger partial charge in [0.1, 0.15) is 11.5 Å². The highest BCUT2D eigenvalue weighted by molar-refractivity contribution is 6.05. The van der Waals surface area contributed by atoms with Gasteiger partial charge in [0.25, 0.3) is 5.91 Å². The number of benzene rings is 1. The Morgan fingerprint density at radius 1 is 1.04 bits per heavy atom. The van der Waals surface area contributed by atoms with Gasteiger partial charge in [-0.2, -0.15) is 0 Å². The maximum atomic E-state index is 13.0. The lowest BCUT2D eigenvalue weighted by atomic mass is 9.78. The summed E-state index contributed by atoms with van der Waals surface area (Å²) in [6, 6.07) is 5.11. The van der Waals surface area contributed by atoms with Crippen molar-refractivity contribution in [2.75, 3.05) is 14.2 Å². The molecule has 2 aliphatic rings. The average Bonchev–Trinajstić information content (AvgIpc) is 2.60. The molecular formula is C18H23NO4. The van der Waals surface area contributed by atoms with E-state index in [1.54, 1.807) is 32.4 Å². The number of piperidine rings is 1. The van der Waals surface area contributed by atoms with Crippen LogP contribution in [0.3, 0.4) is 0 Å². The number of hydrogen-bond donors (Lipinski definition) is 0. The van der Waals surface area contributed by atoms with Gasteiger partial charge >= 0.3 is 0 Å². The van der Waals surface area contributed by atoms with E-state index in [0.717, 1.165) is 25.7 Å². The molecule has 0 radical (unpaired) electrons. The van der Waals surface area contributed by atoms with Gasteiger partial charge in [0.05, 0.1) is 14.2 Å². The van der Waals surface area contributed by atoms with Crippen molar-refractivity contribution in [1.82, 2.24) is 4.90 Å². The molecule has 5 heteroatoms. The second-order valence-electron chi connectivity index (χ2n) is 6.32. The summed E-state index contributed by atoms with van der Waals surface area (Å²) in [4.78, 5) is 26.9. The molecule has 0 aromatic heterocycles. The van der Waals surface area contributed by atoms with E-state index < -0.39 is 0 Å². The van der Waals surface area contributed by atoms with Crippen molar-refractivity contribution >= 4 is 11.8 Å². The van der Waals surface area contributed by atoms with Crippen LogP contribution in [0.1, 0.15) is 48.9 Å². The topological polar surface area (TPSA) is 55.8 Å². The smallest absolute Gasteiger partial charge is 0.261 e. The van der Waals surface area contributed by atoms with Gasteiger partial charge < -0.3 is 9.47 Å². The molecule has 2 atom stereocenters. The maximum Gasteiger partial charge on any atom is 0.261 e. The van der Waals surface area contributed by atoms with Crippen LogP contribution < -0.4 is 9.47 Å². The molecule has 1 aliphatic heterocycles. The number of nitrogens with zero attached hydrogens (tertiary/aromatic N) is 1. The lowest BCUT2D eigenvalue weighted by Crippen LogP contribution is -2.52. The van der Waals surface area contributed by atoms with Crippen LogP contribution in [0.15, 0.2) is 18.2 Å². The number of hydrogen-bond acceptors (Lipinski definition) is 4. The van der Waals surface area contributed by atoms with Crippen LogP contribution >= 0.6 is 0 Å². The third-order valence-electron chi connectivity index (χ3n) is 5.02. The van der Waals surface area contributed by atoms with E-state index in [1.807, 2.05) is 0 Å². The number of rotatable bonds is 3. The molecule has 1 aliphatic carbocycles. The van der Waals surface area contributed by atoms with Crippen LogP contribution in [0.4, 0.5) is 0 Å². The predicted octanol–water partition coefficient (Wildman–Crippen LogP) is 3.03. The van der Waals surface area contributed by atoms with Gasteiger partial charge in [-0.1, -0.05) is 12.8 Å². The highest BCUT2D eigenvalue weighted by Gasteiger charge is 2.40. The predicted molar refractivity (Wildman–Crippen MR) is 85.7 cm³/mol. The summed E-state index contributed by atoms with van der Waals surface area (Å²) >= 11 is 0. The van der Waals surface area contributed by atoms with E-state index in [9.17, 15) is 9.59 Å². The number of fused-ring (bicyclic) bond motifs is 1. The summed E-state index contributed by atoms with van der Waals surface area (Å²) in [5.41, 5.74) is 0.445. The number of methoxy groups -OCH3 is 2. The Labute approximate surface area is 136 Å². The average molecular weight is 317 g/mol. The van der Waals surface area contributed by atoms with Gasteiger partial charge in [-0.3, -0.25) is 14.5 Å². The van der Waals surface area contributed by atoms with Gasteiger partial charge in [0.15, 0.2) is 0 Å². The number of ether oxygens (including phenoxy) is 2. The maximum absolute atomic E-state index is 13.0. The number of imide groups is 1. The SMILES string of the molecule is COc1cc(OC)cc(C(=O)N2C(=O)CCC3CCCCC32)c1. The van der Waals surface area contributed by atoms with Crippen molar-refractivity contribution in [2.45, 2.75) is 44.6 Å². The third-order valence-corrected chi connectivity index (χ3v) is 5.02. The lowest BCUT2D eigenvalue weighted by molar-refractivity contribution is -0.135. The van der Waals surface area contributed by atoms with E-state index in [0.29, 0.717) is 29.4 Å². The van der Waals surface area contributed by atoms with E-state index in [-0.39, 0.29) is 17.9 Å². The Morgan fingerprint density at radius 3 is 2.35 bits per heavy atom. The Kier molecular flexibility index (Phi) is 4.55. The van der Waals surface area contributed by atoms with Crippen LogP contribution in [0.5, 0.6) is 11.5 Å². The molecule has 124 valence electrons. The second-order valence-corrected chi connectivity index (χ2v) is 6.32. The quantitative estimate of drug-likeness (QED) is 0.804. The molecule has 5 nitrogen and oxygen atoms in total. The summed E-state index contributed by atoms with van der Waals surface area (Å²) in [7, 11) is 3.10. The first kappa shape index (κ1) is 15.8. The van der Waals surface area contributed by atoms with E-state index in [2.05, 4.69) is 0 Å². The number of amides is 2. The molecule has 2 fully saturated rings. The van der Waals surface area contributed by atoms with Crippen LogP contribution in [-0.4, -0.2) is 37.0 Å². The summed E-state index contributed by atoms with van der Waals surface area (Å²) in [5.74, 6) is 1.27. The van der Waals surface area contributed by atoms with Gasteiger partial charge in [-0.25, -0.2) is 0 Å². The summed E-state index contributed by atoms with van der Waals surface area (Å²) in [5, 5.41) is 0. The van der Waals surface area contributed by atoms with Gasteiger partial charge in [-0.15, -0.1) is 0 Å². The fraction of sp³-hybridized carbons (Fsp3) is 0.556. The molecular weight excluding hydrogens is 294 g/mol. The van der Waals surface area contributed by atoms with Crippen LogP contribution in [0.25, 0.3) is 0 Å². The minimum Gasteiger partial charge on any atom is -0.497 e. The van der Waals surface area contributed by atoms with Crippen molar-refractivity contribution in [1.29, 1.82) is 0 Å². The molecule has 0 N–H and O–H groups in total.